The van der Waals surface area contributed by atoms with Gasteiger partial charge in [0.05, 0.1) is 17.6 Å². The van der Waals surface area contributed by atoms with E-state index < -0.39 is 0 Å². The fourth-order valence-corrected chi connectivity index (χ4v) is 4.94. The van der Waals surface area contributed by atoms with Crippen LogP contribution in [-0.2, 0) is 18.9 Å². The first-order valence-electron chi connectivity index (χ1n) is 12.6. The molecule has 9 nitrogen and oxygen atoms in total. The van der Waals surface area contributed by atoms with Crippen LogP contribution in [0.25, 0.3) is 11.3 Å². The van der Waals surface area contributed by atoms with Crippen molar-refractivity contribution < 1.29 is 9.21 Å². The van der Waals surface area contributed by atoms with Gasteiger partial charge in [0.1, 0.15) is 0 Å². The van der Waals surface area contributed by atoms with Crippen molar-refractivity contribution in [3.8, 4) is 11.3 Å². The summed E-state index contributed by atoms with van der Waals surface area (Å²) in [7, 11) is 1.87. The SMILES string of the molecule is Cn1cc(Nc2nccc(-c3ccc4c(c3)CCCC[C@H]4CC(=O)c3nnc(C4(C)CC4)o3)n2)cn1. The van der Waals surface area contributed by atoms with E-state index in [0.717, 1.165) is 55.5 Å². The number of hydrogen-bond donors (Lipinski definition) is 1. The van der Waals surface area contributed by atoms with Crippen molar-refractivity contribution in [1.82, 2.24) is 29.9 Å². The number of aromatic nitrogens is 6. The van der Waals surface area contributed by atoms with Crippen molar-refractivity contribution in [3.63, 3.8) is 0 Å². The van der Waals surface area contributed by atoms with E-state index in [1.807, 2.05) is 19.3 Å². The van der Waals surface area contributed by atoms with Gasteiger partial charge in [-0.2, -0.15) is 5.10 Å². The minimum absolute atomic E-state index is 0.0365. The first-order chi connectivity index (χ1) is 17.5. The molecule has 0 aliphatic heterocycles. The predicted molar refractivity (Wildman–Crippen MR) is 134 cm³/mol. The Hall–Kier alpha value is -3.88. The van der Waals surface area contributed by atoms with Gasteiger partial charge in [-0.25, -0.2) is 9.97 Å². The highest BCUT2D eigenvalue weighted by Gasteiger charge is 2.44. The molecule has 2 aliphatic carbocycles. The van der Waals surface area contributed by atoms with Gasteiger partial charge in [-0.15, -0.1) is 10.2 Å². The van der Waals surface area contributed by atoms with E-state index in [0.29, 0.717) is 18.3 Å². The number of carbonyl (C=O) groups excluding carboxylic acids is 1. The normalized spacial score (nSPS) is 18.3. The summed E-state index contributed by atoms with van der Waals surface area (Å²) < 4.78 is 7.49. The van der Waals surface area contributed by atoms with Crippen LogP contribution in [0.2, 0.25) is 0 Å². The second-order valence-corrected chi connectivity index (χ2v) is 10.2. The monoisotopic (exact) mass is 483 g/mol. The van der Waals surface area contributed by atoms with Crippen LogP contribution >= 0.6 is 0 Å². The molecule has 2 aliphatic rings. The molecule has 1 saturated carbocycles. The number of anilines is 2. The number of nitrogens with zero attached hydrogens (tertiary/aromatic N) is 6. The molecular weight excluding hydrogens is 454 g/mol. The maximum atomic E-state index is 13.0. The van der Waals surface area contributed by atoms with E-state index in [-0.39, 0.29) is 23.0 Å². The van der Waals surface area contributed by atoms with Crippen molar-refractivity contribution in [1.29, 1.82) is 0 Å². The Morgan fingerprint density at radius 1 is 1.22 bits per heavy atom. The van der Waals surface area contributed by atoms with Gasteiger partial charge in [0, 0.05) is 36.8 Å². The zero-order chi connectivity index (χ0) is 24.7. The summed E-state index contributed by atoms with van der Waals surface area (Å²) in [5.74, 6) is 1.35. The summed E-state index contributed by atoms with van der Waals surface area (Å²) in [6.45, 7) is 2.10. The molecule has 4 aromatic rings. The number of hydrogen-bond acceptors (Lipinski definition) is 8. The number of aryl methyl sites for hydroxylation is 2. The maximum Gasteiger partial charge on any atom is 0.284 e. The molecule has 36 heavy (non-hydrogen) atoms. The Bertz CT molecular complexity index is 1420. The van der Waals surface area contributed by atoms with Gasteiger partial charge in [-0.05, 0) is 61.3 Å². The second kappa shape index (κ2) is 8.96. The molecule has 184 valence electrons. The number of ketones is 1. The molecular formula is C27H29N7O2. The van der Waals surface area contributed by atoms with Crippen LogP contribution in [-0.4, -0.2) is 35.7 Å². The van der Waals surface area contributed by atoms with Crippen LogP contribution in [0, 0.1) is 0 Å². The van der Waals surface area contributed by atoms with Crippen LogP contribution in [0.3, 0.4) is 0 Å². The molecule has 3 heterocycles. The van der Waals surface area contributed by atoms with E-state index >= 15 is 0 Å². The molecule has 1 atom stereocenters. The number of carbonyl (C=O) groups is 1. The number of benzene rings is 1. The Morgan fingerprint density at radius 2 is 2.11 bits per heavy atom. The average Bonchev–Trinajstić information content (AvgIpc) is 3.28. The topological polar surface area (TPSA) is 112 Å². The molecule has 0 saturated heterocycles. The molecule has 0 amide bonds. The van der Waals surface area contributed by atoms with Gasteiger partial charge in [0.2, 0.25) is 17.6 Å². The lowest BCUT2D eigenvalue weighted by molar-refractivity contribution is 0.0935. The summed E-state index contributed by atoms with van der Waals surface area (Å²) in [6, 6.07) is 8.39. The lowest BCUT2D eigenvalue weighted by atomic mass is 9.87. The number of rotatable bonds is 7. The van der Waals surface area contributed by atoms with Crippen LogP contribution < -0.4 is 5.32 Å². The van der Waals surface area contributed by atoms with Crippen LogP contribution in [0.5, 0.6) is 0 Å². The lowest BCUT2D eigenvalue weighted by Gasteiger charge is -2.17. The maximum absolute atomic E-state index is 13.0. The molecule has 3 aromatic heterocycles. The minimum Gasteiger partial charge on any atom is -0.418 e. The van der Waals surface area contributed by atoms with Gasteiger partial charge in [0.25, 0.3) is 5.89 Å². The fraction of sp³-hybridized carbons (Fsp3) is 0.407. The van der Waals surface area contributed by atoms with E-state index in [4.69, 9.17) is 9.40 Å². The molecule has 9 heteroatoms. The van der Waals surface area contributed by atoms with E-state index in [9.17, 15) is 4.79 Å². The van der Waals surface area contributed by atoms with Crippen molar-refractivity contribution in [2.45, 2.75) is 63.2 Å². The molecule has 1 N–H and O–H groups in total. The van der Waals surface area contributed by atoms with Crippen molar-refractivity contribution in [2.75, 3.05) is 5.32 Å². The molecule has 6 rings (SSSR count). The smallest absolute Gasteiger partial charge is 0.284 e. The third kappa shape index (κ3) is 4.53. The van der Waals surface area contributed by atoms with Crippen molar-refractivity contribution in [2.24, 2.45) is 7.05 Å². The van der Waals surface area contributed by atoms with E-state index in [2.05, 4.69) is 50.7 Å². The third-order valence-electron chi connectivity index (χ3n) is 7.36. The van der Waals surface area contributed by atoms with Crippen LogP contribution in [0.4, 0.5) is 11.6 Å². The molecule has 0 bridgehead atoms. The molecule has 1 aromatic carbocycles. The number of fused-ring (bicyclic) bond motifs is 1. The molecule has 0 spiro atoms. The van der Waals surface area contributed by atoms with Gasteiger partial charge in [-0.3, -0.25) is 9.48 Å². The summed E-state index contributed by atoms with van der Waals surface area (Å²) in [6.07, 6.45) is 12.0. The standard InChI is InChI=1S/C27H29N7O2/c1-27(10-11-27)25-33-32-24(36-25)23(35)14-18-6-4-3-5-17-13-19(7-8-21(17)18)22-9-12-28-26(31-22)30-20-15-29-34(2)16-20/h7-9,12-13,15-16,18H,3-6,10-11,14H2,1-2H3,(H,28,30,31)/t18-/m0/s1. The Morgan fingerprint density at radius 3 is 2.92 bits per heavy atom. The Kier molecular flexibility index (Phi) is 5.62. The summed E-state index contributed by atoms with van der Waals surface area (Å²) in [4.78, 5) is 22.1. The largest absolute Gasteiger partial charge is 0.418 e. The van der Waals surface area contributed by atoms with Gasteiger partial charge >= 0.3 is 0 Å². The fourth-order valence-electron chi connectivity index (χ4n) is 4.94. The highest BCUT2D eigenvalue weighted by Crippen LogP contribution is 2.47. The number of Topliss-reactive ketones (excluding diaryl/α,β-unsaturated/α-hetero) is 1. The lowest BCUT2D eigenvalue weighted by Crippen LogP contribution is -2.09. The summed E-state index contributed by atoms with van der Waals surface area (Å²) in [5, 5.41) is 15.6. The molecule has 0 radical (unpaired) electrons. The Balaban J connectivity index is 1.22. The van der Waals surface area contributed by atoms with Gasteiger partial charge < -0.3 is 9.73 Å². The van der Waals surface area contributed by atoms with E-state index in [1.54, 1.807) is 17.1 Å². The Labute approximate surface area is 209 Å². The first-order valence-corrected chi connectivity index (χ1v) is 12.6. The zero-order valence-corrected chi connectivity index (χ0v) is 20.6. The second-order valence-electron chi connectivity index (χ2n) is 10.2. The van der Waals surface area contributed by atoms with Crippen molar-refractivity contribution >= 4 is 17.4 Å². The quantitative estimate of drug-likeness (QED) is 0.284. The minimum atomic E-state index is -0.0677. The molecule has 0 unspecified atom stereocenters. The van der Waals surface area contributed by atoms with Crippen LogP contribution in [0.15, 0.2) is 47.3 Å². The number of nitrogens with one attached hydrogen (secondary N) is 1. The third-order valence-corrected chi connectivity index (χ3v) is 7.36. The summed E-state index contributed by atoms with van der Waals surface area (Å²) in [5.41, 5.74) is 5.20. The first kappa shape index (κ1) is 22.6. The van der Waals surface area contributed by atoms with Gasteiger partial charge in [-0.1, -0.05) is 25.5 Å². The van der Waals surface area contributed by atoms with Gasteiger partial charge in [0.15, 0.2) is 0 Å². The molecule has 1 fully saturated rings. The average molecular weight is 484 g/mol. The predicted octanol–water partition coefficient (Wildman–Crippen LogP) is 5.14. The zero-order valence-electron chi connectivity index (χ0n) is 20.6. The van der Waals surface area contributed by atoms with Crippen molar-refractivity contribution in [3.05, 3.63) is 65.8 Å². The van der Waals surface area contributed by atoms with E-state index in [1.165, 1.54) is 11.1 Å². The highest BCUT2D eigenvalue weighted by molar-refractivity contribution is 5.92. The summed E-state index contributed by atoms with van der Waals surface area (Å²) >= 11 is 0. The van der Waals surface area contributed by atoms with Crippen LogP contribution in [0.1, 0.15) is 79.1 Å². The highest BCUT2D eigenvalue weighted by atomic mass is 16.4.